The molecular formula is C10H10ClN5. The van der Waals surface area contributed by atoms with Crippen LogP contribution in [0, 0.1) is 5.39 Å². The van der Waals surface area contributed by atoms with Crippen molar-refractivity contribution in [3.8, 4) is 0 Å². The molecule has 0 spiro atoms. The minimum absolute atomic E-state index is 0. The van der Waals surface area contributed by atoms with Gasteiger partial charge in [-0.25, -0.2) is 0 Å². The summed E-state index contributed by atoms with van der Waals surface area (Å²) in [7, 11) is 1.91. The number of aromatic nitrogens is 3. The Kier molecular flexibility index (Phi) is 3.97. The van der Waals surface area contributed by atoms with Crippen molar-refractivity contribution in [2.75, 3.05) is 0 Å². The van der Waals surface area contributed by atoms with E-state index in [2.05, 4.69) is 15.2 Å². The summed E-state index contributed by atoms with van der Waals surface area (Å²) in [6.07, 6.45) is 2.40. The second-order valence-electron chi connectivity index (χ2n) is 3.30. The molecule has 0 N–H and O–H groups in total. The van der Waals surface area contributed by atoms with E-state index in [4.69, 9.17) is 5.39 Å². The normalized spacial score (nSPS) is 9.25. The van der Waals surface area contributed by atoms with Gasteiger partial charge in [-0.15, -0.1) is 10.2 Å². The molecule has 2 aromatic rings. The highest BCUT2D eigenvalue weighted by Gasteiger charge is 2.05. The number of aryl methyl sites for hydroxylation is 1. The Morgan fingerprint density at radius 2 is 2.00 bits per heavy atom. The molecule has 82 valence electrons. The molecule has 1 aromatic carbocycles. The van der Waals surface area contributed by atoms with Gasteiger partial charge in [-0.1, -0.05) is 12.1 Å². The maximum absolute atomic E-state index is 8.53. The Hall–Kier alpha value is -1.93. The minimum atomic E-state index is 0. The van der Waals surface area contributed by atoms with E-state index >= 15 is 0 Å². The van der Waals surface area contributed by atoms with E-state index in [1.54, 1.807) is 18.5 Å². The minimum Gasteiger partial charge on any atom is -1.00 e. The van der Waals surface area contributed by atoms with E-state index in [0.717, 1.165) is 17.8 Å². The summed E-state index contributed by atoms with van der Waals surface area (Å²) in [5.74, 6) is 0.906. The highest BCUT2D eigenvalue weighted by atomic mass is 35.5. The molecule has 6 heteroatoms. The summed E-state index contributed by atoms with van der Waals surface area (Å²) in [6.45, 7) is 0. The highest BCUT2D eigenvalue weighted by Crippen LogP contribution is 2.14. The lowest BCUT2D eigenvalue weighted by atomic mass is 10.1. The van der Waals surface area contributed by atoms with Gasteiger partial charge in [0.1, 0.15) is 12.2 Å². The predicted molar refractivity (Wildman–Crippen MR) is 55.0 cm³/mol. The van der Waals surface area contributed by atoms with Crippen LogP contribution < -0.4 is 12.4 Å². The Morgan fingerprint density at radius 1 is 1.31 bits per heavy atom. The van der Waals surface area contributed by atoms with Crippen molar-refractivity contribution >= 4 is 5.69 Å². The van der Waals surface area contributed by atoms with Gasteiger partial charge in [0.25, 0.3) is 0 Å². The van der Waals surface area contributed by atoms with Crippen molar-refractivity contribution < 1.29 is 12.4 Å². The standard InChI is InChI=1S/C10H10N5.ClH/c1-15-7-12-14-10(15)6-8-2-4-9(13-11)5-3-8;/h2-5,7H,6H2,1H3;1H/q+1;/p-1. The van der Waals surface area contributed by atoms with Crippen LogP contribution in [0.3, 0.4) is 0 Å². The summed E-state index contributed by atoms with van der Waals surface area (Å²) in [4.78, 5) is 3.09. The van der Waals surface area contributed by atoms with E-state index in [9.17, 15) is 0 Å². The average Bonchev–Trinajstić information content (AvgIpc) is 2.66. The highest BCUT2D eigenvalue weighted by molar-refractivity contribution is 5.44. The van der Waals surface area contributed by atoms with Crippen LogP contribution in [0.5, 0.6) is 0 Å². The third-order valence-electron chi connectivity index (χ3n) is 2.22. The van der Waals surface area contributed by atoms with E-state index in [1.165, 1.54) is 0 Å². The molecule has 0 saturated heterocycles. The number of hydrogen-bond donors (Lipinski definition) is 0. The van der Waals surface area contributed by atoms with Gasteiger partial charge in [0, 0.05) is 25.6 Å². The fraction of sp³-hybridized carbons (Fsp3) is 0.200. The van der Waals surface area contributed by atoms with Crippen LogP contribution in [0.1, 0.15) is 11.4 Å². The summed E-state index contributed by atoms with van der Waals surface area (Å²) >= 11 is 0. The van der Waals surface area contributed by atoms with Gasteiger partial charge in [-0.3, -0.25) is 0 Å². The molecule has 0 bridgehead atoms. The van der Waals surface area contributed by atoms with Gasteiger partial charge in [-0.2, -0.15) is 0 Å². The summed E-state index contributed by atoms with van der Waals surface area (Å²) in [5.41, 5.74) is 1.66. The van der Waals surface area contributed by atoms with E-state index in [1.807, 2.05) is 23.7 Å². The molecule has 1 aromatic heterocycles. The van der Waals surface area contributed by atoms with Crippen LogP contribution in [0.15, 0.2) is 30.6 Å². The molecule has 0 amide bonds. The van der Waals surface area contributed by atoms with Gasteiger partial charge in [-0.05, 0) is 5.56 Å². The summed E-state index contributed by atoms with van der Waals surface area (Å²) in [6, 6.07) is 7.32. The summed E-state index contributed by atoms with van der Waals surface area (Å²) < 4.78 is 1.88. The first-order chi connectivity index (χ1) is 7.29. The SMILES string of the molecule is Cn1cnnc1Cc1ccc([N+]#N)cc1.[Cl-]. The largest absolute Gasteiger partial charge is 1.00 e. The monoisotopic (exact) mass is 235 g/mol. The van der Waals surface area contributed by atoms with Gasteiger partial charge < -0.3 is 17.0 Å². The average molecular weight is 236 g/mol. The van der Waals surface area contributed by atoms with Gasteiger partial charge in [0.05, 0.1) is 0 Å². The zero-order chi connectivity index (χ0) is 10.7. The Balaban J connectivity index is 0.00000128. The number of rotatable bonds is 2. The number of hydrogen-bond acceptors (Lipinski definition) is 3. The fourth-order valence-corrected chi connectivity index (χ4v) is 1.33. The zero-order valence-electron chi connectivity index (χ0n) is 8.71. The molecule has 5 nitrogen and oxygen atoms in total. The fourth-order valence-electron chi connectivity index (χ4n) is 1.33. The molecule has 0 radical (unpaired) electrons. The molecule has 0 saturated carbocycles. The van der Waals surface area contributed by atoms with E-state index in [0.29, 0.717) is 5.69 Å². The maximum Gasteiger partial charge on any atom is 0.385 e. The van der Waals surface area contributed by atoms with Crippen molar-refractivity contribution in [3.63, 3.8) is 0 Å². The lowest BCUT2D eigenvalue weighted by molar-refractivity contribution is -0.00000349. The molecule has 0 atom stereocenters. The van der Waals surface area contributed by atoms with Gasteiger partial charge in [0.15, 0.2) is 4.98 Å². The van der Waals surface area contributed by atoms with E-state index < -0.39 is 0 Å². The van der Waals surface area contributed by atoms with Crippen LogP contribution in [0.4, 0.5) is 5.69 Å². The first-order valence-corrected chi connectivity index (χ1v) is 4.56. The number of benzene rings is 1. The van der Waals surface area contributed by atoms with Crippen molar-refractivity contribution in [1.29, 1.82) is 5.39 Å². The molecule has 16 heavy (non-hydrogen) atoms. The topological polar surface area (TPSA) is 58.9 Å². The zero-order valence-corrected chi connectivity index (χ0v) is 9.46. The molecule has 0 unspecified atom stereocenters. The molecule has 2 rings (SSSR count). The molecule has 0 aliphatic carbocycles. The van der Waals surface area contributed by atoms with Gasteiger partial charge >= 0.3 is 5.69 Å². The van der Waals surface area contributed by atoms with Crippen LogP contribution in [-0.4, -0.2) is 14.8 Å². The smallest absolute Gasteiger partial charge is 0.385 e. The summed E-state index contributed by atoms with van der Waals surface area (Å²) in [5, 5.41) is 16.3. The first-order valence-electron chi connectivity index (χ1n) is 4.56. The number of halogens is 1. The Labute approximate surface area is 99.2 Å². The third-order valence-corrected chi connectivity index (χ3v) is 2.22. The van der Waals surface area contributed by atoms with Crippen molar-refractivity contribution in [2.45, 2.75) is 6.42 Å². The molecule has 0 aliphatic rings. The predicted octanol–water partition coefficient (Wildman–Crippen LogP) is -1.11. The lowest BCUT2D eigenvalue weighted by Gasteiger charge is -1.98. The number of diazo groups is 1. The second kappa shape index (κ2) is 5.24. The van der Waals surface area contributed by atoms with Crippen LogP contribution in [-0.2, 0) is 13.5 Å². The van der Waals surface area contributed by atoms with Crippen LogP contribution in [0.25, 0.3) is 4.98 Å². The second-order valence-corrected chi connectivity index (χ2v) is 3.30. The number of nitrogens with zero attached hydrogens (tertiary/aromatic N) is 5. The van der Waals surface area contributed by atoms with Crippen LogP contribution >= 0.6 is 0 Å². The third kappa shape index (κ3) is 2.55. The van der Waals surface area contributed by atoms with Crippen molar-refractivity contribution in [1.82, 2.24) is 14.8 Å². The molecule has 1 heterocycles. The van der Waals surface area contributed by atoms with Gasteiger partial charge in [0.2, 0.25) is 5.39 Å². The van der Waals surface area contributed by atoms with Crippen molar-refractivity contribution in [2.24, 2.45) is 7.05 Å². The van der Waals surface area contributed by atoms with Crippen LogP contribution in [0.2, 0.25) is 0 Å². The molecule has 0 aliphatic heterocycles. The Bertz CT molecular complexity index is 497. The van der Waals surface area contributed by atoms with E-state index in [-0.39, 0.29) is 12.4 Å². The molecular weight excluding hydrogens is 226 g/mol. The lowest BCUT2D eigenvalue weighted by Crippen LogP contribution is -3.00. The quantitative estimate of drug-likeness (QED) is 0.621. The maximum atomic E-state index is 8.53. The van der Waals surface area contributed by atoms with Crippen molar-refractivity contribution in [3.05, 3.63) is 47.0 Å². The first kappa shape index (κ1) is 12.1. The Morgan fingerprint density at radius 3 is 2.50 bits per heavy atom. The molecule has 0 fully saturated rings.